The molecule has 1 aliphatic heterocycles. The van der Waals surface area contributed by atoms with Crippen LogP contribution < -0.4 is 5.32 Å². The molecule has 0 aromatic rings. The molecular formula is C15H29N3O. The van der Waals surface area contributed by atoms with E-state index in [9.17, 15) is 4.79 Å². The Morgan fingerprint density at radius 3 is 2.37 bits per heavy atom. The van der Waals surface area contributed by atoms with Gasteiger partial charge in [-0.25, -0.2) is 0 Å². The summed E-state index contributed by atoms with van der Waals surface area (Å²) in [5.41, 5.74) is 0. The second-order valence-electron chi connectivity index (χ2n) is 6.45. The van der Waals surface area contributed by atoms with Gasteiger partial charge in [0.1, 0.15) is 0 Å². The number of hydrogen-bond donors (Lipinski definition) is 1. The van der Waals surface area contributed by atoms with Crippen LogP contribution in [-0.2, 0) is 4.79 Å². The molecule has 2 fully saturated rings. The fourth-order valence-corrected chi connectivity index (χ4v) is 3.13. The first-order valence-electron chi connectivity index (χ1n) is 7.88. The van der Waals surface area contributed by atoms with Gasteiger partial charge in [-0.3, -0.25) is 14.6 Å². The molecule has 0 bridgehead atoms. The minimum Gasteiger partial charge on any atom is -0.355 e. The Kier molecular flexibility index (Phi) is 5.64. The third kappa shape index (κ3) is 4.77. The van der Waals surface area contributed by atoms with E-state index in [0.29, 0.717) is 12.5 Å². The van der Waals surface area contributed by atoms with Crippen molar-refractivity contribution >= 4 is 5.91 Å². The molecule has 2 aliphatic rings. The van der Waals surface area contributed by atoms with Crippen molar-refractivity contribution in [1.29, 1.82) is 0 Å². The molecule has 0 atom stereocenters. The highest BCUT2D eigenvalue weighted by Crippen LogP contribution is 2.24. The summed E-state index contributed by atoms with van der Waals surface area (Å²) in [7, 11) is 0. The smallest absolute Gasteiger partial charge is 0.234 e. The fraction of sp³-hybridized carbons (Fsp3) is 0.933. The minimum atomic E-state index is 0.183. The van der Waals surface area contributed by atoms with Gasteiger partial charge in [0, 0.05) is 38.8 Å². The van der Waals surface area contributed by atoms with Crippen molar-refractivity contribution in [3.8, 4) is 0 Å². The molecule has 4 nitrogen and oxygen atoms in total. The second-order valence-corrected chi connectivity index (χ2v) is 6.45. The van der Waals surface area contributed by atoms with Crippen LogP contribution in [0.25, 0.3) is 0 Å². The highest BCUT2D eigenvalue weighted by Gasteiger charge is 2.26. The van der Waals surface area contributed by atoms with E-state index in [1.165, 1.54) is 25.7 Å². The average Bonchev–Trinajstić information content (AvgIpc) is 2.91. The third-order valence-electron chi connectivity index (χ3n) is 4.32. The molecule has 1 N–H and O–H groups in total. The number of rotatable bonds is 5. The number of carbonyl (C=O) groups is 1. The molecule has 0 aromatic heterocycles. The van der Waals surface area contributed by atoms with Crippen molar-refractivity contribution in [1.82, 2.24) is 15.1 Å². The van der Waals surface area contributed by atoms with Gasteiger partial charge in [-0.15, -0.1) is 0 Å². The van der Waals surface area contributed by atoms with E-state index < -0.39 is 0 Å². The Morgan fingerprint density at radius 1 is 1.16 bits per heavy atom. The lowest BCUT2D eigenvalue weighted by Crippen LogP contribution is -2.52. The summed E-state index contributed by atoms with van der Waals surface area (Å²) in [6.07, 6.45) is 5.58. The molecular weight excluding hydrogens is 238 g/mol. The Hall–Kier alpha value is -0.610. The monoisotopic (exact) mass is 267 g/mol. The Labute approximate surface area is 117 Å². The molecule has 0 radical (unpaired) electrons. The van der Waals surface area contributed by atoms with Crippen molar-refractivity contribution in [3.63, 3.8) is 0 Å². The fourth-order valence-electron chi connectivity index (χ4n) is 3.13. The summed E-state index contributed by atoms with van der Waals surface area (Å²) >= 11 is 0. The number of carbonyl (C=O) groups excluding carboxylic acids is 1. The van der Waals surface area contributed by atoms with Gasteiger partial charge in [0.05, 0.1) is 6.54 Å². The number of nitrogens with one attached hydrogen (secondary N) is 1. The summed E-state index contributed by atoms with van der Waals surface area (Å²) in [5, 5.41) is 3.00. The van der Waals surface area contributed by atoms with Gasteiger partial charge in [-0.05, 0) is 18.8 Å². The van der Waals surface area contributed by atoms with Gasteiger partial charge >= 0.3 is 0 Å². The van der Waals surface area contributed by atoms with E-state index in [4.69, 9.17) is 0 Å². The van der Waals surface area contributed by atoms with Crippen LogP contribution in [0.4, 0.5) is 0 Å². The zero-order chi connectivity index (χ0) is 13.7. The quantitative estimate of drug-likeness (QED) is 0.816. The standard InChI is InChI=1S/C15H29N3O/c1-13(2)11-16-15(19)12-17-7-9-18(10-8-17)14-5-3-4-6-14/h13-14H,3-12H2,1-2H3,(H,16,19). The molecule has 4 heteroatoms. The van der Waals surface area contributed by atoms with Crippen molar-refractivity contribution in [2.75, 3.05) is 39.3 Å². The molecule has 1 heterocycles. The van der Waals surface area contributed by atoms with Gasteiger partial charge in [-0.1, -0.05) is 26.7 Å². The topological polar surface area (TPSA) is 35.6 Å². The maximum absolute atomic E-state index is 11.8. The number of piperazine rings is 1. The molecule has 0 aromatic carbocycles. The first-order chi connectivity index (χ1) is 9.15. The highest BCUT2D eigenvalue weighted by molar-refractivity contribution is 5.78. The van der Waals surface area contributed by atoms with Gasteiger partial charge in [0.15, 0.2) is 0 Å². The molecule has 0 unspecified atom stereocenters. The van der Waals surface area contributed by atoms with Gasteiger partial charge < -0.3 is 5.32 Å². The highest BCUT2D eigenvalue weighted by atomic mass is 16.2. The SMILES string of the molecule is CC(C)CNC(=O)CN1CCN(C2CCCC2)CC1. The lowest BCUT2D eigenvalue weighted by molar-refractivity contribution is -0.122. The van der Waals surface area contributed by atoms with Crippen LogP contribution in [0.2, 0.25) is 0 Å². The lowest BCUT2D eigenvalue weighted by atomic mass is 10.2. The van der Waals surface area contributed by atoms with Gasteiger partial charge in [0.2, 0.25) is 5.91 Å². The Morgan fingerprint density at radius 2 is 1.79 bits per heavy atom. The second kappa shape index (κ2) is 7.25. The van der Waals surface area contributed by atoms with Crippen molar-refractivity contribution in [3.05, 3.63) is 0 Å². The Balaban J connectivity index is 1.64. The molecule has 1 saturated heterocycles. The molecule has 19 heavy (non-hydrogen) atoms. The number of amides is 1. The first kappa shape index (κ1) is 14.8. The summed E-state index contributed by atoms with van der Waals surface area (Å²) in [4.78, 5) is 16.7. The zero-order valence-electron chi connectivity index (χ0n) is 12.5. The maximum Gasteiger partial charge on any atom is 0.234 e. The van der Waals surface area contributed by atoms with Crippen LogP contribution in [0.15, 0.2) is 0 Å². The maximum atomic E-state index is 11.8. The average molecular weight is 267 g/mol. The third-order valence-corrected chi connectivity index (χ3v) is 4.32. The molecule has 1 saturated carbocycles. The molecule has 2 rings (SSSR count). The van der Waals surface area contributed by atoms with Crippen LogP contribution in [0.3, 0.4) is 0 Å². The van der Waals surface area contributed by atoms with Crippen molar-refractivity contribution in [2.45, 2.75) is 45.6 Å². The van der Waals surface area contributed by atoms with E-state index >= 15 is 0 Å². The number of nitrogens with zero attached hydrogens (tertiary/aromatic N) is 2. The predicted octanol–water partition coefficient (Wildman–Crippen LogP) is 1.32. The Bertz CT molecular complexity index is 279. The van der Waals surface area contributed by atoms with Crippen LogP contribution in [-0.4, -0.2) is 61.0 Å². The van der Waals surface area contributed by atoms with Crippen molar-refractivity contribution in [2.24, 2.45) is 5.92 Å². The first-order valence-corrected chi connectivity index (χ1v) is 7.88. The molecule has 110 valence electrons. The summed E-state index contributed by atoms with van der Waals surface area (Å²) in [6, 6.07) is 0.830. The summed E-state index contributed by atoms with van der Waals surface area (Å²) in [5.74, 6) is 0.714. The van der Waals surface area contributed by atoms with Crippen LogP contribution in [0.1, 0.15) is 39.5 Å². The van der Waals surface area contributed by atoms with Gasteiger partial charge in [-0.2, -0.15) is 0 Å². The molecule has 1 aliphatic carbocycles. The van der Waals surface area contributed by atoms with E-state index in [0.717, 1.165) is 38.8 Å². The summed E-state index contributed by atoms with van der Waals surface area (Å²) in [6.45, 7) is 9.99. The van der Waals surface area contributed by atoms with Crippen LogP contribution in [0.5, 0.6) is 0 Å². The largest absolute Gasteiger partial charge is 0.355 e. The van der Waals surface area contributed by atoms with E-state index in [2.05, 4.69) is 29.0 Å². The minimum absolute atomic E-state index is 0.183. The predicted molar refractivity (Wildman–Crippen MR) is 78.1 cm³/mol. The van der Waals surface area contributed by atoms with Crippen LogP contribution >= 0.6 is 0 Å². The molecule has 0 spiro atoms. The zero-order valence-corrected chi connectivity index (χ0v) is 12.5. The van der Waals surface area contributed by atoms with Crippen LogP contribution in [0, 0.1) is 5.92 Å². The van der Waals surface area contributed by atoms with Gasteiger partial charge in [0.25, 0.3) is 0 Å². The van der Waals surface area contributed by atoms with E-state index in [1.54, 1.807) is 0 Å². The normalized spacial score (nSPS) is 23.1. The lowest BCUT2D eigenvalue weighted by Gasteiger charge is -2.37. The van der Waals surface area contributed by atoms with E-state index in [-0.39, 0.29) is 5.91 Å². The van der Waals surface area contributed by atoms with E-state index in [1.807, 2.05) is 0 Å². The number of hydrogen-bond acceptors (Lipinski definition) is 3. The molecule has 1 amide bonds. The van der Waals surface area contributed by atoms with Crippen molar-refractivity contribution < 1.29 is 4.79 Å². The summed E-state index contributed by atoms with van der Waals surface area (Å²) < 4.78 is 0.